The molecule has 5 nitrogen and oxygen atoms in total. The van der Waals surface area contributed by atoms with Gasteiger partial charge in [0.1, 0.15) is 5.82 Å². The molecule has 0 saturated heterocycles. The number of nitrogens with zero attached hydrogens (tertiary/aromatic N) is 1. The zero-order chi connectivity index (χ0) is 15.6. The highest BCUT2D eigenvalue weighted by atomic mass is 79.9. The van der Waals surface area contributed by atoms with E-state index in [1.54, 1.807) is 6.07 Å². The van der Waals surface area contributed by atoms with Gasteiger partial charge in [-0.25, -0.2) is 14.2 Å². The largest absolute Gasteiger partial charge is 0.464 e. The number of rotatable bonds is 3. The molecule has 1 aromatic heterocycles. The number of pyridine rings is 1. The average Bonchev–Trinajstić information content (AvgIpc) is 2.46. The number of benzene rings is 1. The number of methoxy groups -OCH3 is 1. The van der Waals surface area contributed by atoms with Crippen molar-refractivity contribution in [2.75, 3.05) is 18.2 Å². The number of nitrogen functional groups attached to an aromatic ring is 1. The fraction of sp³-hybridized carbons (Fsp3) is 0.143. The third-order valence-electron chi connectivity index (χ3n) is 2.84. The van der Waals surface area contributed by atoms with Crippen molar-refractivity contribution >= 4 is 39.1 Å². The second kappa shape index (κ2) is 6.09. The summed E-state index contributed by atoms with van der Waals surface area (Å²) in [6.45, 7) is 1.81. The zero-order valence-corrected chi connectivity index (χ0v) is 13.0. The first-order chi connectivity index (χ1) is 9.92. The molecule has 0 aliphatic rings. The van der Waals surface area contributed by atoms with Gasteiger partial charge in [-0.15, -0.1) is 0 Å². The molecule has 0 aliphatic heterocycles. The maximum Gasteiger partial charge on any atom is 0.356 e. The Labute approximate surface area is 129 Å². The van der Waals surface area contributed by atoms with Gasteiger partial charge >= 0.3 is 5.97 Å². The monoisotopic (exact) mass is 353 g/mol. The van der Waals surface area contributed by atoms with Gasteiger partial charge in [0, 0.05) is 5.69 Å². The molecule has 0 fully saturated rings. The van der Waals surface area contributed by atoms with Crippen molar-refractivity contribution in [2.45, 2.75) is 6.92 Å². The lowest BCUT2D eigenvalue weighted by molar-refractivity contribution is 0.0594. The summed E-state index contributed by atoms with van der Waals surface area (Å²) in [5.41, 5.74) is 7.58. The van der Waals surface area contributed by atoms with E-state index >= 15 is 0 Å². The Morgan fingerprint density at radius 2 is 2.14 bits per heavy atom. The van der Waals surface area contributed by atoms with Gasteiger partial charge in [0.2, 0.25) is 0 Å². The maximum absolute atomic E-state index is 13.6. The molecule has 21 heavy (non-hydrogen) atoms. The van der Waals surface area contributed by atoms with Crippen LogP contribution < -0.4 is 11.1 Å². The molecule has 3 N–H and O–H groups in total. The Balaban J connectivity index is 2.39. The molecule has 2 aromatic rings. The number of halogens is 2. The Hall–Kier alpha value is -2.15. The van der Waals surface area contributed by atoms with Crippen LogP contribution in [0, 0.1) is 12.7 Å². The number of aryl methyl sites for hydroxylation is 1. The van der Waals surface area contributed by atoms with E-state index in [9.17, 15) is 9.18 Å². The van der Waals surface area contributed by atoms with Crippen molar-refractivity contribution in [1.29, 1.82) is 0 Å². The Morgan fingerprint density at radius 1 is 1.43 bits per heavy atom. The molecule has 0 spiro atoms. The summed E-state index contributed by atoms with van der Waals surface area (Å²) in [6.07, 6.45) is 0. The predicted molar refractivity (Wildman–Crippen MR) is 82.1 cm³/mol. The van der Waals surface area contributed by atoms with E-state index in [0.717, 1.165) is 5.56 Å². The number of esters is 1. The highest BCUT2D eigenvalue weighted by molar-refractivity contribution is 9.10. The van der Waals surface area contributed by atoms with Crippen molar-refractivity contribution in [1.82, 2.24) is 4.98 Å². The van der Waals surface area contributed by atoms with E-state index in [1.165, 1.54) is 25.3 Å². The van der Waals surface area contributed by atoms with E-state index in [0.29, 0.717) is 15.8 Å². The summed E-state index contributed by atoms with van der Waals surface area (Å²) in [6, 6.07) is 5.96. The molecule has 0 atom stereocenters. The summed E-state index contributed by atoms with van der Waals surface area (Å²) >= 11 is 3.12. The maximum atomic E-state index is 13.6. The molecule has 0 radical (unpaired) electrons. The van der Waals surface area contributed by atoms with Crippen LogP contribution in [0.5, 0.6) is 0 Å². The van der Waals surface area contributed by atoms with Crippen LogP contribution in [-0.2, 0) is 4.74 Å². The third-order valence-corrected chi connectivity index (χ3v) is 3.45. The van der Waals surface area contributed by atoms with Crippen molar-refractivity contribution in [2.24, 2.45) is 0 Å². The normalized spacial score (nSPS) is 10.3. The molecule has 0 amide bonds. The van der Waals surface area contributed by atoms with E-state index in [1.807, 2.05) is 6.92 Å². The predicted octanol–water partition coefficient (Wildman–Crippen LogP) is 3.40. The summed E-state index contributed by atoms with van der Waals surface area (Å²) < 4.78 is 18.6. The third kappa shape index (κ3) is 3.30. The Morgan fingerprint density at radius 3 is 2.81 bits per heavy atom. The summed E-state index contributed by atoms with van der Waals surface area (Å²) in [7, 11) is 1.27. The van der Waals surface area contributed by atoms with Crippen LogP contribution in [0.2, 0.25) is 0 Å². The lowest BCUT2D eigenvalue weighted by atomic mass is 10.2. The number of carbonyl (C=O) groups is 1. The summed E-state index contributed by atoms with van der Waals surface area (Å²) in [4.78, 5) is 15.6. The van der Waals surface area contributed by atoms with Gasteiger partial charge in [0.05, 0.1) is 17.3 Å². The number of aromatic nitrogens is 1. The lowest BCUT2D eigenvalue weighted by Gasteiger charge is -2.12. The van der Waals surface area contributed by atoms with E-state index in [-0.39, 0.29) is 11.5 Å². The Bertz CT molecular complexity index is 707. The first kappa shape index (κ1) is 15.2. The number of nitrogens with two attached hydrogens (primary N) is 1. The van der Waals surface area contributed by atoms with E-state index in [2.05, 4.69) is 31.0 Å². The van der Waals surface area contributed by atoms with Gasteiger partial charge in [-0.3, -0.25) is 0 Å². The number of hydrogen-bond acceptors (Lipinski definition) is 5. The highest BCUT2D eigenvalue weighted by Crippen LogP contribution is 2.28. The number of hydrogen-bond donors (Lipinski definition) is 2. The second-order valence-electron chi connectivity index (χ2n) is 4.33. The standard InChI is InChI=1S/C14H13BrFN3O2/c1-7-5-8(15)9(16)6-12(7)19-13-10(17)3-4-11(18-13)14(20)21-2/h3-6H,17H2,1-2H3,(H,18,19). The molecule has 0 unspecified atom stereocenters. The van der Waals surface area contributed by atoms with Crippen LogP contribution in [0.15, 0.2) is 28.7 Å². The van der Waals surface area contributed by atoms with Crippen molar-refractivity contribution < 1.29 is 13.9 Å². The van der Waals surface area contributed by atoms with Gasteiger partial charge in [0.25, 0.3) is 0 Å². The van der Waals surface area contributed by atoms with Crippen molar-refractivity contribution in [3.8, 4) is 0 Å². The topological polar surface area (TPSA) is 77.2 Å². The number of nitrogens with one attached hydrogen (secondary N) is 1. The minimum Gasteiger partial charge on any atom is -0.464 e. The number of ether oxygens (including phenoxy) is 1. The minimum absolute atomic E-state index is 0.115. The van der Waals surface area contributed by atoms with Gasteiger partial charge in [-0.2, -0.15) is 0 Å². The van der Waals surface area contributed by atoms with E-state index in [4.69, 9.17) is 5.73 Å². The minimum atomic E-state index is -0.572. The Kier molecular flexibility index (Phi) is 4.42. The highest BCUT2D eigenvalue weighted by Gasteiger charge is 2.12. The smallest absolute Gasteiger partial charge is 0.356 e. The van der Waals surface area contributed by atoms with Crippen LogP contribution in [-0.4, -0.2) is 18.1 Å². The second-order valence-corrected chi connectivity index (χ2v) is 5.19. The fourth-order valence-corrected chi connectivity index (χ4v) is 2.15. The van der Waals surface area contributed by atoms with Gasteiger partial charge in [-0.05, 0) is 52.7 Å². The van der Waals surface area contributed by atoms with Crippen LogP contribution in [0.1, 0.15) is 16.1 Å². The lowest BCUT2D eigenvalue weighted by Crippen LogP contribution is -2.08. The van der Waals surface area contributed by atoms with Crippen LogP contribution in [0.25, 0.3) is 0 Å². The molecule has 7 heteroatoms. The van der Waals surface area contributed by atoms with Crippen LogP contribution in [0.4, 0.5) is 21.6 Å². The van der Waals surface area contributed by atoms with Crippen LogP contribution >= 0.6 is 15.9 Å². The van der Waals surface area contributed by atoms with Gasteiger partial charge < -0.3 is 15.8 Å². The number of carbonyl (C=O) groups excluding carboxylic acids is 1. The zero-order valence-electron chi connectivity index (χ0n) is 11.4. The van der Waals surface area contributed by atoms with Gasteiger partial charge in [-0.1, -0.05) is 0 Å². The first-order valence-corrected chi connectivity index (χ1v) is 6.79. The fourth-order valence-electron chi connectivity index (χ4n) is 1.70. The molecule has 0 aliphatic carbocycles. The van der Waals surface area contributed by atoms with E-state index < -0.39 is 11.8 Å². The number of anilines is 3. The molecule has 1 aromatic carbocycles. The molecular weight excluding hydrogens is 341 g/mol. The SMILES string of the molecule is COC(=O)c1ccc(N)c(Nc2cc(F)c(Br)cc2C)n1. The molecule has 0 saturated carbocycles. The van der Waals surface area contributed by atoms with Gasteiger partial charge in [0.15, 0.2) is 11.5 Å². The average molecular weight is 354 g/mol. The van der Waals surface area contributed by atoms with Crippen molar-refractivity contribution in [3.63, 3.8) is 0 Å². The molecular formula is C14H13BrFN3O2. The van der Waals surface area contributed by atoms with Crippen molar-refractivity contribution in [3.05, 3.63) is 45.8 Å². The summed E-state index contributed by atoms with van der Waals surface area (Å²) in [5.74, 6) is -0.717. The molecule has 2 rings (SSSR count). The molecule has 110 valence electrons. The van der Waals surface area contributed by atoms with Crippen LogP contribution in [0.3, 0.4) is 0 Å². The first-order valence-electron chi connectivity index (χ1n) is 6.00. The quantitative estimate of drug-likeness (QED) is 0.826. The molecule has 1 heterocycles. The molecule has 0 bridgehead atoms. The summed E-state index contributed by atoms with van der Waals surface area (Å²) in [5, 5.41) is 2.92.